The molecule has 2 aliphatic rings. The molecule has 1 amide bonds. The number of nitrogens with one attached hydrogen (secondary N) is 1. The molecular weight excluding hydrogens is 532 g/mol. The van der Waals surface area contributed by atoms with Gasteiger partial charge in [0.1, 0.15) is 35.4 Å². The van der Waals surface area contributed by atoms with E-state index in [4.69, 9.17) is 14.5 Å². The predicted octanol–water partition coefficient (Wildman–Crippen LogP) is 4.24. The summed E-state index contributed by atoms with van der Waals surface area (Å²) in [6.07, 6.45) is 4.90. The van der Waals surface area contributed by atoms with Crippen LogP contribution < -0.4 is 25.2 Å². The van der Waals surface area contributed by atoms with E-state index in [0.717, 1.165) is 28.3 Å². The average Bonchev–Trinajstić information content (AvgIpc) is 3.11. The van der Waals surface area contributed by atoms with Crippen molar-refractivity contribution in [3.8, 4) is 17.2 Å². The molecule has 6 rings (SSSR count). The number of hydrogen-bond donors (Lipinski definition) is 1. The number of fused-ring (bicyclic) bond motifs is 5. The lowest BCUT2D eigenvalue weighted by molar-refractivity contribution is -0.130. The fourth-order valence-corrected chi connectivity index (χ4v) is 5.20. The van der Waals surface area contributed by atoms with Crippen molar-refractivity contribution in [1.29, 1.82) is 0 Å². The smallest absolute Gasteiger partial charge is 0.249 e. The first-order valence-corrected chi connectivity index (χ1v) is 13.7. The Morgan fingerprint density at radius 3 is 2.86 bits per heavy atom. The van der Waals surface area contributed by atoms with Gasteiger partial charge in [0.25, 0.3) is 0 Å². The Bertz CT molecular complexity index is 1800. The number of carbonyl (C=O) groups is 1. The van der Waals surface area contributed by atoms with Gasteiger partial charge in [0.15, 0.2) is 17.4 Å². The zero-order chi connectivity index (χ0) is 29.4. The molecule has 1 N–H and O–H groups in total. The highest BCUT2D eigenvalue weighted by Gasteiger charge is 2.35. The lowest BCUT2D eigenvalue weighted by Gasteiger charge is -2.39. The quantitative estimate of drug-likeness (QED) is 0.347. The number of benzene rings is 1. The third kappa shape index (κ3) is 5.16. The second kappa shape index (κ2) is 11.0. The van der Waals surface area contributed by atoms with Gasteiger partial charge in [-0.1, -0.05) is 13.2 Å². The molecule has 42 heavy (non-hydrogen) atoms. The Balaban J connectivity index is 1.25. The van der Waals surface area contributed by atoms with Gasteiger partial charge in [-0.25, -0.2) is 19.9 Å². The summed E-state index contributed by atoms with van der Waals surface area (Å²) >= 11 is 0. The number of anilines is 3. The minimum atomic E-state index is -0.0886. The van der Waals surface area contributed by atoms with Crippen molar-refractivity contribution in [3.63, 3.8) is 0 Å². The van der Waals surface area contributed by atoms with Crippen LogP contribution in [0.2, 0.25) is 0 Å². The van der Waals surface area contributed by atoms with Gasteiger partial charge in [-0.05, 0) is 43.7 Å². The highest BCUT2D eigenvalue weighted by Crippen LogP contribution is 2.36. The molecule has 11 nitrogen and oxygen atoms in total. The Morgan fingerprint density at radius 1 is 1.21 bits per heavy atom. The van der Waals surface area contributed by atoms with Gasteiger partial charge >= 0.3 is 0 Å². The van der Waals surface area contributed by atoms with E-state index in [-0.39, 0.29) is 11.9 Å². The monoisotopic (exact) mass is 564 g/mol. The van der Waals surface area contributed by atoms with Crippen molar-refractivity contribution in [3.05, 3.63) is 84.9 Å². The van der Waals surface area contributed by atoms with Gasteiger partial charge in [-0.15, -0.1) is 0 Å². The molecule has 1 aromatic carbocycles. The van der Waals surface area contributed by atoms with Crippen molar-refractivity contribution in [2.75, 3.05) is 36.5 Å². The van der Waals surface area contributed by atoms with Crippen LogP contribution >= 0.6 is 0 Å². The standard InChI is InChI=1S/C31H32N8O3/c1-6-32-27-14-23(9-10-37(27)5)42-25-8-7-21(13-20(25)4)35-29-28-24(33-18-34-29)15-26-30(36-28)38-11-12-39(31(40)19(2)3)22(16-38)17-41-26/h6-10,13-15,18,22H,1-2,11-12,16-17H2,3-5H3,(H,33,34,35)/b32-27-. The fourth-order valence-electron chi connectivity index (χ4n) is 5.20. The minimum Gasteiger partial charge on any atom is -0.487 e. The minimum absolute atomic E-state index is 0.0396. The third-order valence-corrected chi connectivity index (χ3v) is 7.38. The molecule has 2 bridgehead atoms. The highest BCUT2D eigenvalue weighted by atomic mass is 16.5. The number of carbonyl (C=O) groups excluding carboxylic acids is 1. The van der Waals surface area contributed by atoms with Gasteiger partial charge in [0.05, 0.1) is 11.6 Å². The van der Waals surface area contributed by atoms with Crippen molar-refractivity contribution >= 4 is 34.3 Å². The SMILES string of the molecule is C=C/N=c1/cc(Oc2ccc(Nc3ncnc4cc5c(nc34)N3CCN(C(=O)C(=C)C)C(CO5)C3)cc2C)ccn1C. The topological polar surface area (TPSA) is 110 Å². The summed E-state index contributed by atoms with van der Waals surface area (Å²) in [5, 5.41) is 3.40. The number of hydrogen-bond acceptors (Lipinski definition) is 9. The van der Waals surface area contributed by atoms with Crippen LogP contribution in [0.25, 0.3) is 11.0 Å². The van der Waals surface area contributed by atoms with Crippen LogP contribution in [0.1, 0.15) is 12.5 Å². The molecule has 1 atom stereocenters. The Hall–Kier alpha value is -5.19. The van der Waals surface area contributed by atoms with E-state index < -0.39 is 0 Å². The lowest BCUT2D eigenvalue weighted by atomic mass is 10.1. The number of amides is 1. The largest absolute Gasteiger partial charge is 0.487 e. The molecule has 214 valence electrons. The van der Waals surface area contributed by atoms with E-state index in [0.29, 0.717) is 60.2 Å². The van der Waals surface area contributed by atoms with Crippen LogP contribution in [-0.4, -0.2) is 62.6 Å². The van der Waals surface area contributed by atoms with E-state index in [1.807, 2.05) is 66.0 Å². The number of ether oxygens (including phenoxy) is 2. The van der Waals surface area contributed by atoms with E-state index in [1.54, 1.807) is 6.92 Å². The first-order valence-electron chi connectivity index (χ1n) is 13.7. The summed E-state index contributed by atoms with van der Waals surface area (Å²) in [5.74, 6) is 3.32. The third-order valence-electron chi connectivity index (χ3n) is 7.38. The maximum Gasteiger partial charge on any atom is 0.249 e. The molecule has 0 radical (unpaired) electrons. The van der Waals surface area contributed by atoms with Crippen molar-refractivity contribution in [1.82, 2.24) is 24.4 Å². The van der Waals surface area contributed by atoms with Crippen molar-refractivity contribution in [2.24, 2.45) is 12.0 Å². The normalized spacial score (nSPS) is 16.4. The zero-order valence-corrected chi connectivity index (χ0v) is 23.9. The number of rotatable bonds is 6. The number of aromatic nitrogens is 4. The summed E-state index contributed by atoms with van der Waals surface area (Å²) < 4.78 is 14.2. The Kier molecular flexibility index (Phi) is 7.07. The molecule has 1 saturated heterocycles. The highest BCUT2D eigenvalue weighted by molar-refractivity contribution is 5.93. The van der Waals surface area contributed by atoms with Crippen LogP contribution in [0.15, 0.2) is 78.8 Å². The van der Waals surface area contributed by atoms with Crippen LogP contribution in [0.3, 0.4) is 0 Å². The molecule has 2 aliphatic heterocycles. The molecule has 0 aliphatic carbocycles. The van der Waals surface area contributed by atoms with Crippen LogP contribution in [0.5, 0.6) is 17.2 Å². The molecule has 11 heteroatoms. The van der Waals surface area contributed by atoms with E-state index in [9.17, 15) is 4.79 Å². The predicted molar refractivity (Wildman–Crippen MR) is 161 cm³/mol. The number of aryl methyl sites for hydroxylation is 2. The molecular formula is C31H32N8O3. The zero-order valence-electron chi connectivity index (χ0n) is 23.9. The van der Waals surface area contributed by atoms with Crippen LogP contribution in [0.4, 0.5) is 17.3 Å². The molecule has 0 saturated carbocycles. The van der Waals surface area contributed by atoms with Gasteiger partial charge < -0.3 is 29.2 Å². The van der Waals surface area contributed by atoms with E-state index in [2.05, 4.69) is 38.3 Å². The molecule has 1 unspecified atom stereocenters. The summed E-state index contributed by atoms with van der Waals surface area (Å²) in [5.41, 5.74) is 4.33. The Morgan fingerprint density at radius 2 is 2.07 bits per heavy atom. The second-order valence-corrected chi connectivity index (χ2v) is 10.4. The summed E-state index contributed by atoms with van der Waals surface area (Å²) in [6, 6.07) is 11.4. The Labute approximate surface area is 243 Å². The lowest BCUT2D eigenvalue weighted by Crippen LogP contribution is -2.56. The van der Waals surface area contributed by atoms with E-state index >= 15 is 0 Å². The first-order chi connectivity index (χ1) is 20.3. The first kappa shape index (κ1) is 27.0. The van der Waals surface area contributed by atoms with Gasteiger partial charge in [0, 0.05) is 62.5 Å². The van der Waals surface area contributed by atoms with Crippen molar-refractivity contribution < 1.29 is 14.3 Å². The van der Waals surface area contributed by atoms with E-state index in [1.165, 1.54) is 12.5 Å². The molecule has 5 heterocycles. The molecule has 4 aromatic rings. The fraction of sp³-hybridized carbons (Fsp3) is 0.258. The van der Waals surface area contributed by atoms with Gasteiger partial charge in [0.2, 0.25) is 5.91 Å². The maximum atomic E-state index is 12.7. The van der Waals surface area contributed by atoms with Gasteiger partial charge in [-0.2, -0.15) is 0 Å². The molecule has 1 fully saturated rings. The average molecular weight is 565 g/mol. The number of piperazine rings is 1. The van der Waals surface area contributed by atoms with Crippen molar-refractivity contribution in [2.45, 2.75) is 19.9 Å². The van der Waals surface area contributed by atoms with Crippen LogP contribution in [-0.2, 0) is 11.8 Å². The number of nitrogens with zero attached hydrogens (tertiary/aromatic N) is 7. The summed E-state index contributed by atoms with van der Waals surface area (Å²) in [4.78, 5) is 34.9. The summed E-state index contributed by atoms with van der Waals surface area (Å²) in [7, 11) is 1.91. The summed E-state index contributed by atoms with van der Waals surface area (Å²) in [6.45, 7) is 13.5. The maximum absolute atomic E-state index is 12.7. The molecule has 3 aromatic heterocycles. The molecule has 0 spiro atoms. The van der Waals surface area contributed by atoms with Gasteiger partial charge in [-0.3, -0.25) is 4.79 Å². The second-order valence-electron chi connectivity index (χ2n) is 10.4. The van der Waals surface area contributed by atoms with Crippen LogP contribution in [0, 0.1) is 6.92 Å². The number of pyridine rings is 2.